The van der Waals surface area contributed by atoms with Crippen LogP contribution in [0.4, 0.5) is 4.39 Å². The van der Waals surface area contributed by atoms with E-state index in [4.69, 9.17) is 4.74 Å². The highest BCUT2D eigenvalue weighted by molar-refractivity contribution is 6.07. The molecule has 0 bridgehead atoms. The molecule has 6 heteroatoms. The molecular weight excluding hydrogens is 385 g/mol. The Hall–Kier alpha value is -3.02. The van der Waals surface area contributed by atoms with Gasteiger partial charge in [-0.1, -0.05) is 30.3 Å². The number of ether oxygens (including phenoxy) is 1. The summed E-state index contributed by atoms with van der Waals surface area (Å²) in [4.78, 5) is 39.8. The van der Waals surface area contributed by atoms with Gasteiger partial charge in [-0.2, -0.15) is 0 Å². The van der Waals surface area contributed by atoms with Crippen LogP contribution in [0.15, 0.2) is 48.5 Å². The van der Waals surface area contributed by atoms with Crippen LogP contribution in [-0.2, 0) is 16.0 Å². The Balaban J connectivity index is 1.91. The lowest BCUT2D eigenvalue weighted by Crippen LogP contribution is -2.51. The molecule has 2 aromatic rings. The molecule has 0 saturated carbocycles. The Morgan fingerprint density at radius 2 is 1.73 bits per heavy atom. The number of amides is 1. The predicted octanol–water partition coefficient (Wildman–Crippen LogP) is 4.06. The fourth-order valence-corrected chi connectivity index (χ4v) is 4.11. The first-order valence-electron chi connectivity index (χ1n) is 10.2. The van der Waals surface area contributed by atoms with Crippen molar-refractivity contribution >= 4 is 17.7 Å². The second-order valence-corrected chi connectivity index (χ2v) is 7.74. The Morgan fingerprint density at radius 3 is 2.37 bits per heavy atom. The molecule has 1 aliphatic heterocycles. The molecule has 0 aromatic heterocycles. The third-order valence-corrected chi connectivity index (χ3v) is 5.57. The number of hydrogen-bond donors (Lipinski definition) is 0. The predicted molar refractivity (Wildman–Crippen MR) is 111 cm³/mol. The van der Waals surface area contributed by atoms with Gasteiger partial charge in [0.05, 0.1) is 17.6 Å². The van der Waals surface area contributed by atoms with Gasteiger partial charge in [0, 0.05) is 18.7 Å². The molecule has 1 aliphatic rings. The van der Waals surface area contributed by atoms with Crippen molar-refractivity contribution in [2.24, 2.45) is 5.41 Å². The van der Waals surface area contributed by atoms with Crippen LogP contribution < -0.4 is 0 Å². The first-order valence-corrected chi connectivity index (χ1v) is 10.2. The van der Waals surface area contributed by atoms with E-state index in [0.717, 1.165) is 5.56 Å². The molecule has 0 N–H and O–H groups in total. The topological polar surface area (TPSA) is 63.7 Å². The summed E-state index contributed by atoms with van der Waals surface area (Å²) in [5, 5.41) is 0. The summed E-state index contributed by atoms with van der Waals surface area (Å²) in [7, 11) is 0. The maximum Gasteiger partial charge on any atom is 0.314 e. The van der Waals surface area contributed by atoms with Crippen LogP contribution in [0.3, 0.4) is 0 Å². The fourth-order valence-electron chi connectivity index (χ4n) is 4.11. The van der Waals surface area contributed by atoms with Gasteiger partial charge in [-0.25, -0.2) is 4.39 Å². The van der Waals surface area contributed by atoms with Crippen molar-refractivity contribution in [3.05, 3.63) is 71.0 Å². The summed E-state index contributed by atoms with van der Waals surface area (Å²) in [6.45, 7) is 4.10. The highest BCUT2D eigenvalue weighted by Gasteiger charge is 2.45. The van der Waals surface area contributed by atoms with Gasteiger partial charge in [0.15, 0.2) is 5.78 Å². The van der Waals surface area contributed by atoms with E-state index in [1.807, 2.05) is 0 Å². The number of likely N-dealkylation sites (tertiary alicyclic amines) is 1. The van der Waals surface area contributed by atoms with Gasteiger partial charge in [0.25, 0.3) is 5.91 Å². The van der Waals surface area contributed by atoms with Crippen molar-refractivity contribution in [1.29, 1.82) is 0 Å². The standard InChI is InChI=1S/C24H26FNO4/c1-3-30-23(29)24(15-18-9-11-19(25)12-10-18)13-6-14-26(16-24)22(28)21-8-5-4-7-20(21)17(2)27/h4-5,7-12H,3,6,13-16H2,1-2H3/t24-/m0/s1. The van der Waals surface area contributed by atoms with Gasteiger partial charge in [0.1, 0.15) is 5.82 Å². The normalized spacial score (nSPS) is 18.7. The zero-order valence-corrected chi connectivity index (χ0v) is 17.3. The second-order valence-electron chi connectivity index (χ2n) is 7.74. The van der Waals surface area contributed by atoms with Gasteiger partial charge in [-0.15, -0.1) is 0 Å². The molecule has 0 radical (unpaired) electrons. The number of rotatable bonds is 6. The minimum Gasteiger partial charge on any atom is -0.466 e. The van der Waals surface area contributed by atoms with E-state index < -0.39 is 5.41 Å². The maximum absolute atomic E-state index is 13.3. The molecule has 2 aromatic carbocycles. The summed E-state index contributed by atoms with van der Waals surface area (Å²) < 4.78 is 18.7. The molecule has 30 heavy (non-hydrogen) atoms. The van der Waals surface area contributed by atoms with Crippen molar-refractivity contribution in [2.45, 2.75) is 33.1 Å². The van der Waals surface area contributed by atoms with E-state index in [-0.39, 0.29) is 36.6 Å². The molecule has 0 unspecified atom stereocenters. The van der Waals surface area contributed by atoms with E-state index in [9.17, 15) is 18.8 Å². The van der Waals surface area contributed by atoms with Crippen LogP contribution in [0, 0.1) is 11.2 Å². The van der Waals surface area contributed by atoms with E-state index >= 15 is 0 Å². The first-order chi connectivity index (χ1) is 14.4. The number of carbonyl (C=O) groups excluding carboxylic acids is 3. The number of piperidine rings is 1. The van der Waals surface area contributed by atoms with Crippen molar-refractivity contribution in [3.63, 3.8) is 0 Å². The average Bonchev–Trinajstić information content (AvgIpc) is 2.75. The lowest BCUT2D eigenvalue weighted by atomic mass is 9.75. The maximum atomic E-state index is 13.3. The monoisotopic (exact) mass is 411 g/mol. The van der Waals surface area contributed by atoms with Crippen LogP contribution >= 0.6 is 0 Å². The molecule has 1 atom stereocenters. The molecule has 0 spiro atoms. The molecule has 1 amide bonds. The number of esters is 1. The Kier molecular flexibility index (Phi) is 6.65. The number of benzene rings is 2. The Bertz CT molecular complexity index is 940. The largest absolute Gasteiger partial charge is 0.466 e. The molecule has 0 aliphatic carbocycles. The molecule has 5 nitrogen and oxygen atoms in total. The molecule has 1 fully saturated rings. The Morgan fingerprint density at radius 1 is 1.07 bits per heavy atom. The highest BCUT2D eigenvalue weighted by atomic mass is 19.1. The lowest BCUT2D eigenvalue weighted by molar-refractivity contribution is -0.158. The van der Waals surface area contributed by atoms with Crippen molar-refractivity contribution in [1.82, 2.24) is 4.90 Å². The van der Waals surface area contributed by atoms with E-state index in [1.54, 1.807) is 48.2 Å². The molecule has 1 saturated heterocycles. The summed E-state index contributed by atoms with van der Waals surface area (Å²) in [6.07, 6.45) is 1.56. The highest BCUT2D eigenvalue weighted by Crippen LogP contribution is 2.36. The summed E-state index contributed by atoms with van der Waals surface area (Å²) >= 11 is 0. The van der Waals surface area contributed by atoms with Gasteiger partial charge in [-0.3, -0.25) is 14.4 Å². The molecule has 1 heterocycles. The number of ketones is 1. The molecule has 158 valence electrons. The SMILES string of the molecule is CCOC(=O)[C@]1(Cc2ccc(F)cc2)CCCN(C(=O)c2ccccc2C(C)=O)C1. The zero-order chi connectivity index (χ0) is 21.7. The summed E-state index contributed by atoms with van der Waals surface area (Å²) in [5.41, 5.74) is 0.607. The number of halogens is 1. The quantitative estimate of drug-likeness (QED) is 0.531. The van der Waals surface area contributed by atoms with E-state index in [0.29, 0.717) is 36.9 Å². The third kappa shape index (κ3) is 4.58. The van der Waals surface area contributed by atoms with E-state index in [2.05, 4.69) is 0 Å². The molecule has 3 rings (SSSR count). The van der Waals surface area contributed by atoms with Crippen molar-refractivity contribution in [2.75, 3.05) is 19.7 Å². The minimum atomic E-state index is -0.910. The van der Waals surface area contributed by atoms with Crippen LogP contribution in [0.2, 0.25) is 0 Å². The van der Waals surface area contributed by atoms with Gasteiger partial charge in [-0.05, 0) is 56.9 Å². The number of hydrogen-bond acceptors (Lipinski definition) is 4. The summed E-state index contributed by atoms with van der Waals surface area (Å²) in [6, 6.07) is 12.8. The summed E-state index contributed by atoms with van der Waals surface area (Å²) in [5.74, 6) is -1.15. The zero-order valence-electron chi connectivity index (χ0n) is 17.3. The molecular formula is C24H26FNO4. The van der Waals surface area contributed by atoms with Crippen LogP contribution in [-0.4, -0.2) is 42.3 Å². The Labute approximate surface area is 175 Å². The number of nitrogens with zero attached hydrogens (tertiary/aromatic N) is 1. The van der Waals surface area contributed by atoms with Crippen LogP contribution in [0.25, 0.3) is 0 Å². The second kappa shape index (κ2) is 9.20. The minimum absolute atomic E-state index is 0.182. The number of Topliss-reactive ketones (excluding diaryl/α,β-unsaturated/α-hetero) is 1. The van der Waals surface area contributed by atoms with Gasteiger partial charge in [0.2, 0.25) is 0 Å². The van der Waals surface area contributed by atoms with Crippen molar-refractivity contribution in [3.8, 4) is 0 Å². The van der Waals surface area contributed by atoms with Crippen molar-refractivity contribution < 1.29 is 23.5 Å². The third-order valence-electron chi connectivity index (χ3n) is 5.57. The van der Waals surface area contributed by atoms with E-state index in [1.165, 1.54) is 19.1 Å². The smallest absolute Gasteiger partial charge is 0.314 e. The van der Waals surface area contributed by atoms with Crippen LogP contribution in [0.1, 0.15) is 53.0 Å². The van der Waals surface area contributed by atoms with Crippen LogP contribution in [0.5, 0.6) is 0 Å². The fraction of sp³-hybridized carbons (Fsp3) is 0.375. The average molecular weight is 411 g/mol. The number of carbonyl (C=O) groups is 3. The van der Waals surface area contributed by atoms with Gasteiger partial charge >= 0.3 is 5.97 Å². The lowest BCUT2D eigenvalue weighted by Gasteiger charge is -2.41. The van der Waals surface area contributed by atoms with Gasteiger partial charge < -0.3 is 9.64 Å². The first kappa shape index (κ1) is 21.7.